The van der Waals surface area contributed by atoms with E-state index in [9.17, 15) is 21.6 Å². The summed E-state index contributed by atoms with van der Waals surface area (Å²) in [6, 6.07) is 7.97. The Morgan fingerprint density at radius 3 is 2.19 bits per heavy atom. The van der Waals surface area contributed by atoms with Gasteiger partial charge in [-0.15, -0.1) is 11.3 Å². The van der Waals surface area contributed by atoms with Gasteiger partial charge in [0.25, 0.3) is 0 Å². The minimum absolute atomic E-state index is 0.131. The minimum Gasteiger partial charge on any atom is -0.232 e. The van der Waals surface area contributed by atoms with E-state index < -0.39 is 21.9 Å². The van der Waals surface area contributed by atoms with Crippen molar-refractivity contribution in [2.45, 2.75) is 24.9 Å². The van der Waals surface area contributed by atoms with E-state index in [-0.39, 0.29) is 10.6 Å². The van der Waals surface area contributed by atoms with Crippen LogP contribution in [0.15, 0.2) is 41.3 Å². The maximum atomic E-state index is 13.1. The van der Waals surface area contributed by atoms with E-state index in [1.165, 1.54) is 35.6 Å². The highest BCUT2D eigenvalue weighted by Crippen LogP contribution is 2.36. The summed E-state index contributed by atoms with van der Waals surface area (Å²) in [7, 11) is -3.89. The fourth-order valence-electron chi connectivity index (χ4n) is 2.37. The Labute approximate surface area is 151 Å². The van der Waals surface area contributed by atoms with Gasteiger partial charge in [-0.2, -0.15) is 18.3 Å². The van der Waals surface area contributed by atoms with Gasteiger partial charge < -0.3 is 0 Å². The Balaban J connectivity index is 2.18. The quantitative estimate of drug-likeness (QED) is 0.723. The molecule has 1 aromatic carbocycles. The molecule has 0 aliphatic carbocycles. The number of benzene rings is 1. The topological polar surface area (TPSA) is 78.0 Å². The number of primary sulfonamides is 1. The fourth-order valence-corrected chi connectivity index (χ4v) is 3.92. The Morgan fingerprint density at radius 1 is 1.12 bits per heavy atom. The van der Waals surface area contributed by atoms with Crippen LogP contribution in [0.4, 0.5) is 13.2 Å². The summed E-state index contributed by atoms with van der Waals surface area (Å²) in [5, 5.41) is 8.73. The third kappa shape index (κ3) is 3.53. The molecule has 10 heteroatoms. The molecule has 0 saturated heterocycles. The molecule has 0 aliphatic rings. The predicted octanol–water partition coefficient (Wildman–Crippen LogP) is 3.88. The van der Waals surface area contributed by atoms with Gasteiger partial charge in [0.15, 0.2) is 5.69 Å². The lowest BCUT2D eigenvalue weighted by atomic mass is 10.2. The highest BCUT2D eigenvalue weighted by Gasteiger charge is 2.35. The zero-order valence-electron chi connectivity index (χ0n) is 13.7. The van der Waals surface area contributed by atoms with Crippen LogP contribution in [0.5, 0.6) is 0 Å². The van der Waals surface area contributed by atoms with Crippen molar-refractivity contribution < 1.29 is 21.6 Å². The molecule has 0 bridgehead atoms. The zero-order chi connectivity index (χ0) is 19.3. The molecule has 0 saturated carbocycles. The Bertz CT molecular complexity index is 1050. The van der Waals surface area contributed by atoms with Crippen molar-refractivity contribution in [1.29, 1.82) is 0 Å². The lowest BCUT2D eigenvalue weighted by Crippen LogP contribution is -2.12. The van der Waals surface area contributed by atoms with E-state index in [0.29, 0.717) is 10.6 Å². The number of halogens is 3. The second kappa shape index (κ2) is 6.22. The standard InChI is InChI=1S/C16H14F3N3O2S2/c1-9-7-14(25-10(9)2)13-8-15(16(17,18)19)21-22(13)11-3-5-12(6-4-11)26(20,23)24/h3-8H,1-2H3,(H2,20,23,24). The number of aryl methyl sites for hydroxylation is 2. The molecule has 2 aromatic heterocycles. The average molecular weight is 401 g/mol. The SMILES string of the molecule is Cc1cc(-c2cc(C(F)(F)F)nn2-c2ccc(S(N)(=O)=O)cc2)sc1C. The summed E-state index contributed by atoms with van der Waals surface area (Å²) in [4.78, 5) is 1.50. The van der Waals surface area contributed by atoms with Gasteiger partial charge in [0, 0.05) is 4.88 Å². The molecule has 138 valence electrons. The maximum Gasteiger partial charge on any atom is 0.435 e. The van der Waals surface area contributed by atoms with E-state index in [1.54, 1.807) is 6.07 Å². The van der Waals surface area contributed by atoms with Crippen LogP contribution in [0.1, 0.15) is 16.1 Å². The fraction of sp³-hybridized carbons (Fsp3) is 0.188. The number of aromatic nitrogens is 2. The van der Waals surface area contributed by atoms with Crippen LogP contribution in [0, 0.1) is 13.8 Å². The second-order valence-corrected chi connectivity index (χ2v) is 8.53. The Morgan fingerprint density at radius 2 is 1.73 bits per heavy atom. The van der Waals surface area contributed by atoms with Gasteiger partial charge in [0.1, 0.15) is 0 Å². The molecule has 0 unspecified atom stereocenters. The highest BCUT2D eigenvalue weighted by atomic mass is 32.2. The molecular weight excluding hydrogens is 387 g/mol. The summed E-state index contributed by atoms with van der Waals surface area (Å²) in [5.41, 5.74) is 0.524. The largest absolute Gasteiger partial charge is 0.435 e. The van der Waals surface area contributed by atoms with Crippen LogP contribution in [0.25, 0.3) is 16.3 Å². The number of sulfonamides is 1. The van der Waals surface area contributed by atoms with Gasteiger partial charge in [-0.1, -0.05) is 0 Å². The summed E-state index contributed by atoms with van der Waals surface area (Å²) >= 11 is 1.36. The Kier molecular flexibility index (Phi) is 4.45. The summed E-state index contributed by atoms with van der Waals surface area (Å²) in [6.07, 6.45) is -4.60. The van der Waals surface area contributed by atoms with Gasteiger partial charge >= 0.3 is 6.18 Å². The zero-order valence-corrected chi connectivity index (χ0v) is 15.3. The molecule has 2 N–H and O–H groups in total. The summed E-state index contributed by atoms with van der Waals surface area (Å²) in [6.45, 7) is 3.76. The van der Waals surface area contributed by atoms with Crippen molar-refractivity contribution in [3.63, 3.8) is 0 Å². The minimum atomic E-state index is -4.60. The van der Waals surface area contributed by atoms with Crippen LogP contribution in [-0.2, 0) is 16.2 Å². The molecule has 0 aliphatic heterocycles. The van der Waals surface area contributed by atoms with Crippen LogP contribution < -0.4 is 5.14 Å². The van der Waals surface area contributed by atoms with Gasteiger partial charge in [-0.3, -0.25) is 0 Å². The van der Waals surface area contributed by atoms with E-state index in [4.69, 9.17) is 5.14 Å². The van der Waals surface area contributed by atoms with Gasteiger partial charge in [0.2, 0.25) is 10.0 Å². The van der Waals surface area contributed by atoms with Crippen LogP contribution in [0.2, 0.25) is 0 Å². The summed E-state index contributed by atoms with van der Waals surface area (Å²) < 4.78 is 63.3. The number of nitrogens with zero attached hydrogens (tertiary/aromatic N) is 2. The van der Waals surface area contributed by atoms with E-state index >= 15 is 0 Å². The first-order valence-electron chi connectivity index (χ1n) is 7.35. The third-order valence-corrected chi connectivity index (χ3v) is 5.93. The molecule has 3 rings (SSSR count). The molecule has 5 nitrogen and oxygen atoms in total. The van der Waals surface area contributed by atoms with Gasteiger partial charge in [0.05, 0.1) is 21.2 Å². The van der Waals surface area contributed by atoms with E-state index in [2.05, 4.69) is 5.10 Å². The monoisotopic (exact) mass is 401 g/mol. The van der Waals surface area contributed by atoms with Crippen molar-refractivity contribution in [2.75, 3.05) is 0 Å². The number of rotatable bonds is 3. The molecule has 0 spiro atoms. The van der Waals surface area contributed by atoms with Crippen LogP contribution >= 0.6 is 11.3 Å². The Hall–Kier alpha value is -2.17. The van der Waals surface area contributed by atoms with Gasteiger partial charge in [-0.05, 0) is 55.8 Å². The van der Waals surface area contributed by atoms with E-state index in [0.717, 1.165) is 21.2 Å². The van der Waals surface area contributed by atoms with Crippen molar-refractivity contribution in [3.8, 4) is 16.3 Å². The molecule has 2 heterocycles. The van der Waals surface area contributed by atoms with Crippen molar-refractivity contribution in [3.05, 3.63) is 52.5 Å². The average Bonchev–Trinajstić information content (AvgIpc) is 3.11. The lowest BCUT2D eigenvalue weighted by molar-refractivity contribution is -0.141. The second-order valence-electron chi connectivity index (χ2n) is 5.71. The highest BCUT2D eigenvalue weighted by molar-refractivity contribution is 7.89. The third-order valence-electron chi connectivity index (χ3n) is 3.83. The first-order valence-corrected chi connectivity index (χ1v) is 9.71. The van der Waals surface area contributed by atoms with E-state index in [1.807, 2.05) is 13.8 Å². The first-order chi connectivity index (χ1) is 12.0. The molecule has 3 aromatic rings. The number of hydrogen-bond donors (Lipinski definition) is 1. The molecule has 26 heavy (non-hydrogen) atoms. The van der Waals surface area contributed by atoms with Crippen molar-refractivity contribution in [1.82, 2.24) is 9.78 Å². The van der Waals surface area contributed by atoms with Crippen LogP contribution in [0.3, 0.4) is 0 Å². The lowest BCUT2D eigenvalue weighted by Gasteiger charge is -2.07. The predicted molar refractivity (Wildman–Crippen MR) is 92.7 cm³/mol. The number of thiophene rings is 1. The maximum absolute atomic E-state index is 13.1. The van der Waals surface area contributed by atoms with Crippen molar-refractivity contribution in [2.24, 2.45) is 5.14 Å². The van der Waals surface area contributed by atoms with Crippen LogP contribution in [-0.4, -0.2) is 18.2 Å². The molecule has 0 radical (unpaired) electrons. The molecule has 0 fully saturated rings. The van der Waals surface area contributed by atoms with Crippen molar-refractivity contribution >= 4 is 21.4 Å². The smallest absolute Gasteiger partial charge is 0.232 e. The number of nitrogens with two attached hydrogens (primary N) is 1. The normalized spacial score (nSPS) is 12.5. The molecular formula is C16H14F3N3O2S2. The van der Waals surface area contributed by atoms with Gasteiger partial charge in [-0.25, -0.2) is 18.2 Å². The number of hydrogen-bond acceptors (Lipinski definition) is 4. The number of alkyl halides is 3. The summed E-state index contributed by atoms with van der Waals surface area (Å²) in [5.74, 6) is 0. The molecule has 0 atom stereocenters. The first kappa shape index (κ1) is 18.6. The molecule has 0 amide bonds.